The van der Waals surface area contributed by atoms with Crippen molar-refractivity contribution in [3.05, 3.63) is 77.3 Å². The van der Waals surface area contributed by atoms with Gasteiger partial charge in [-0.05, 0) is 93.5 Å². The van der Waals surface area contributed by atoms with E-state index < -0.39 is 5.54 Å². The van der Waals surface area contributed by atoms with Crippen molar-refractivity contribution in [1.82, 2.24) is 0 Å². The molecule has 3 aromatic carbocycles. The Morgan fingerprint density at radius 1 is 0.971 bits per heavy atom. The van der Waals surface area contributed by atoms with Gasteiger partial charge in [0.05, 0.1) is 22.4 Å². The third-order valence-electron chi connectivity index (χ3n) is 5.68. The van der Waals surface area contributed by atoms with Crippen LogP contribution in [0, 0.1) is 11.3 Å². The zero-order chi connectivity index (χ0) is 24.6. The van der Waals surface area contributed by atoms with Crippen molar-refractivity contribution in [3.63, 3.8) is 0 Å². The fourth-order valence-corrected chi connectivity index (χ4v) is 4.73. The Morgan fingerprint density at radius 2 is 1.53 bits per heavy atom. The molecule has 34 heavy (non-hydrogen) atoms. The first kappa shape index (κ1) is 23.7. The monoisotopic (exact) mass is 489 g/mol. The molecule has 1 heterocycles. The molecule has 1 saturated heterocycles. The molecule has 1 amide bonds. The molecular weight excluding hydrogens is 466 g/mol. The molecule has 0 atom stereocenters. The number of benzene rings is 3. The van der Waals surface area contributed by atoms with Crippen LogP contribution in [0.1, 0.15) is 33.3 Å². The molecule has 1 fully saturated rings. The number of nitrogens with zero attached hydrogens (tertiary/aromatic N) is 3. The highest BCUT2D eigenvalue weighted by Gasteiger charge is 2.50. The summed E-state index contributed by atoms with van der Waals surface area (Å²) in [6, 6.07) is 22.8. The second-order valence-corrected chi connectivity index (χ2v) is 9.60. The largest absolute Gasteiger partial charge is 0.491 e. The van der Waals surface area contributed by atoms with E-state index in [1.165, 1.54) is 4.90 Å². The first-order chi connectivity index (χ1) is 16.1. The minimum absolute atomic E-state index is 0.125. The van der Waals surface area contributed by atoms with Crippen LogP contribution in [0.4, 0.5) is 11.4 Å². The topological polar surface area (TPSA) is 56.6 Å². The lowest BCUT2D eigenvalue weighted by Gasteiger charge is -2.29. The van der Waals surface area contributed by atoms with E-state index in [2.05, 4.69) is 0 Å². The second kappa shape index (κ2) is 9.09. The summed E-state index contributed by atoms with van der Waals surface area (Å²) in [6.07, 6.45) is 0.125. The first-order valence-corrected chi connectivity index (χ1v) is 11.7. The summed E-state index contributed by atoms with van der Waals surface area (Å²) in [4.78, 5) is 16.7. The van der Waals surface area contributed by atoms with E-state index >= 15 is 0 Å². The number of carbonyl (C=O) groups excluding carboxylic acids is 1. The van der Waals surface area contributed by atoms with Crippen molar-refractivity contribution in [2.75, 3.05) is 9.80 Å². The van der Waals surface area contributed by atoms with Gasteiger partial charge in [0.25, 0.3) is 5.91 Å². The number of hydrogen-bond donors (Lipinski definition) is 0. The normalized spacial score (nSPS) is 15.1. The molecule has 1 aliphatic heterocycles. The Bertz CT molecular complexity index is 1290. The molecule has 0 aliphatic carbocycles. The molecule has 0 aromatic heterocycles. The lowest BCUT2D eigenvalue weighted by Crippen LogP contribution is -2.44. The van der Waals surface area contributed by atoms with Gasteiger partial charge < -0.3 is 9.64 Å². The molecule has 4 rings (SSSR count). The third-order valence-corrected chi connectivity index (χ3v) is 6.36. The van der Waals surface area contributed by atoms with Gasteiger partial charge in [-0.15, -0.1) is 0 Å². The molecule has 0 radical (unpaired) electrons. The first-order valence-electron chi connectivity index (χ1n) is 10.9. The van der Waals surface area contributed by atoms with Gasteiger partial charge in [0, 0.05) is 5.69 Å². The molecule has 3 aromatic rings. The fraction of sp³-hybridized carbons (Fsp3) is 0.222. The number of thiocarbonyl (C=S) groups is 1. The highest BCUT2D eigenvalue weighted by Crippen LogP contribution is 2.38. The Hall–Kier alpha value is -3.40. The molecule has 172 valence electrons. The minimum Gasteiger partial charge on any atom is -0.491 e. The summed E-state index contributed by atoms with van der Waals surface area (Å²) in [5, 5.41) is 9.79. The summed E-state index contributed by atoms with van der Waals surface area (Å²) in [6.45, 7) is 7.68. The molecule has 5 nitrogen and oxygen atoms in total. The lowest BCUT2D eigenvalue weighted by molar-refractivity contribution is -0.120. The molecule has 0 spiro atoms. The van der Waals surface area contributed by atoms with Crippen molar-refractivity contribution in [2.24, 2.45) is 0 Å². The van der Waals surface area contributed by atoms with Gasteiger partial charge in [0.1, 0.15) is 17.4 Å². The van der Waals surface area contributed by atoms with Crippen LogP contribution in [-0.4, -0.2) is 22.7 Å². The molecule has 1 aliphatic rings. The predicted octanol–water partition coefficient (Wildman–Crippen LogP) is 6.58. The molecule has 0 N–H and O–H groups in total. The number of ether oxygens (including phenoxy) is 1. The van der Waals surface area contributed by atoms with Gasteiger partial charge >= 0.3 is 0 Å². The smallest absolute Gasteiger partial charge is 0.259 e. The minimum atomic E-state index is -0.894. The van der Waals surface area contributed by atoms with Crippen molar-refractivity contribution in [2.45, 2.75) is 39.3 Å². The maximum Gasteiger partial charge on any atom is 0.259 e. The number of carbonyl (C=O) groups is 1. The summed E-state index contributed by atoms with van der Waals surface area (Å²) in [7, 11) is 0. The Labute approximate surface area is 210 Å². The van der Waals surface area contributed by atoms with Crippen molar-refractivity contribution < 1.29 is 9.53 Å². The number of halogens is 1. The SMILES string of the molecule is CC(C)Oc1ccc(-c2ccc(N3C(=S)N(c4ccc(C#N)c(Cl)c4)C(=O)C3(C)C)cc2)cc1. The van der Waals surface area contributed by atoms with Crippen molar-refractivity contribution in [3.8, 4) is 22.9 Å². The zero-order valence-electron chi connectivity index (χ0n) is 19.4. The van der Waals surface area contributed by atoms with Crippen molar-refractivity contribution >= 4 is 46.2 Å². The number of hydrogen-bond acceptors (Lipinski definition) is 4. The van der Waals surface area contributed by atoms with Crippen molar-refractivity contribution in [1.29, 1.82) is 5.26 Å². The lowest BCUT2D eigenvalue weighted by atomic mass is 10.0. The predicted molar refractivity (Wildman–Crippen MR) is 140 cm³/mol. The van der Waals surface area contributed by atoms with Gasteiger partial charge in [-0.25, -0.2) is 0 Å². The summed E-state index contributed by atoms with van der Waals surface area (Å²) >= 11 is 12.0. The van der Waals surface area contributed by atoms with E-state index in [1.807, 2.05) is 87.2 Å². The quantitative estimate of drug-likeness (QED) is 0.379. The van der Waals surface area contributed by atoms with E-state index in [4.69, 9.17) is 33.8 Å². The summed E-state index contributed by atoms with van der Waals surface area (Å²) < 4.78 is 5.72. The summed E-state index contributed by atoms with van der Waals surface area (Å²) in [5.41, 5.74) is 2.91. The van der Waals surface area contributed by atoms with E-state index in [0.29, 0.717) is 16.4 Å². The maximum absolute atomic E-state index is 13.4. The summed E-state index contributed by atoms with van der Waals surface area (Å²) in [5.74, 6) is 0.670. The van der Waals surface area contributed by atoms with E-state index in [9.17, 15) is 4.79 Å². The average Bonchev–Trinajstić information content (AvgIpc) is 2.97. The van der Waals surface area contributed by atoms with E-state index in [-0.39, 0.29) is 17.0 Å². The van der Waals surface area contributed by atoms with Crippen LogP contribution in [-0.2, 0) is 4.79 Å². The van der Waals surface area contributed by atoms with Gasteiger partial charge in [0.2, 0.25) is 0 Å². The van der Waals surface area contributed by atoms with Crippen LogP contribution in [0.5, 0.6) is 5.75 Å². The Morgan fingerprint density at radius 3 is 2.06 bits per heavy atom. The van der Waals surface area contributed by atoms with E-state index in [0.717, 1.165) is 22.6 Å². The second-order valence-electron chi connectivity index (χ2n) is 8.83. The number of rotatable bonds is 5. The van der Waals surface area contributed by atoms with Gasteiger partial charge in [-0.2, -0.15) is 5.26 Å². The van der Waals surface area contributed by atoms with Gasteiger partial charge in [-0.1, -0.05) is 35.9 Å². The third kappa shape index (κ3) is 4.25. The average molecular weight is 490 g/mol. The van der Waals surface area contributed by atoms with Crippen LogP contribution in [0.3, 0.4) is 0 Å². The standard InChI is InChI=1S/C27H24ClN3O2S/c1-17(2)33-23-13-8-19(9-14-23)18-5-10-21(11-6-18)31-26(34)30(25(32)27(31,3)4)22-12-7-20(16-29)24(28)15-22/h5-15,17H,1-4H3. The highest BCUT2D eigenvalue weighted by molar-refractivity contribution is 7.81. The van der Waals surface area contributed by atoms with Crippen LogP contribution in [0.25, 0.3) is 11.1 Å². The Kier molecular flexibility index (Phi) is 6.35. The molecule has 0 saturated carbocycles. The zero-order valence-corrected chi connectivity index (χ0v) is 20.9. The van der Waals surface area contributed by atoms with Gasteiger partial charge in [-0.3, -0.25) is 9.69 Å². The fourth-order valence-electron chi connectivity index (χ4n) is 3.99. The number of anilines is 2. The van der Waals surface area contributed by atoms with Gasteiger partial charge in [0.15, 0.2) is 5.11 Å². The number of amides is 1. The molecule has 7 heteroatoms. The van der Waals surface area contributed by atoms with Crippen LogP contribution in [0.2, 0.25) is 5.02 Å². The molecular formula is C27H24ClN3O2S. The maximum atomic E-state index is 13.4. The molecule has 0 bridgehead atoms. The highest BCUT2D eigenvalue weighted by atomic mass is 35.5. The van der Waals surface area contributed by atoms with E-state index in [1.54, 1.807) is 18.2 Å². The van der Waals surface area contributed by atoms with Crippen LogP contribution in [0.15, 0.2) is 66.7 Å². The molecule has 0 unspecified atom stereocenters. The number of nitriles is 1. The van der Waals surface area contributed by atoms with Crippen LogP contribution < -0.4 is 14.5 Å². The van der Waals surface area contributed by atoms with Crippen LogP contribution >= 0.6 is 23.8 Å². The Balaban J connectivity index is 1.62.